The SMILES string of the molecule is NCCCC(=O)Nc1ccc(C(=O)NC2CC2)cc1. The summed E-state index contributed by atoms with van der Waals surface area (Å²) in [7, 11) is 0. The monoisotopic (exact) mass is 261 g/mol. The van der Waals surface area contributed by atoms with E-state index >= 15 is 0 Å². The fraction of sp³-hybridized carbons (Fsp3) is 0.429. The van der Waals surface area contributed by atoms with Gasteiger partial charge in [0.25, 0.3) is 5.91 Å². The van der Waals surface area contributed by atoms with Gasteiger partial charge in [-0.25, -0.2) is 0 Å². The molecule has 5 heteroatoms. The highest BCUT2D eigenvalue weighted by Gasteiger charge is 2.23. The zero-order chi connectivity index (χ0) is 13.7. The maximum Gasteiger partial charge on any atom is 0.251 e. The molecule has 1 aliphatic rings. The van der Waals surface area contributed by atoms with Gasteiger partial charge in [-0.15, -0.1) is 0 Å². The van der Waals surface area contributed by atoms with Crippen molar-refractivity contribution in [2.24, 2.45) is 5.73 Å². The van der Waals surface area contributed by atoms with Gasteiger partial charge in [0.15, 0.2) is 0 Å². The summed E-state index contributed by atoms with van der Waals surface area (Å²) in [5, 5.41) is 5.69. The van der Waals surface area contributed by atoms with Gasteiger partial charge < -0.3 is 16.4 Å². The van der Waals surface area contributed by atoms with Gasteiger partial charge in [0.1, 0.15) is 0 Å². The molecular weight excluding hydrogens is 242 g/mol. The third-order valence-electron chi connectivity index (χ3n) is 2.95. The first-order chi connectivity index (χ1) is 9.19. The first kappa shape index (κ1) is 13.5. The van der Waals surface area contributed by atoms with E-state index in [0.29, 0.717) is 36.7 Å². The Hall–Kier alpha value is -1.88. The van der Waals surface area contributed by atoms with Gasteiger partial charge in [0.2, 0.25) is 5.91 Å². The molecule has 0 aliphatic heterocycles. The Morgan fingerprint density at radius 3 is 2.47 bits per heavy atom. The fourth-order valence-electron chi connectivity index (χ4n) is 1.69. The summed E-state index contributed by atoms with van der Waals surface area (Å²) >= 11 is 0. The third kappa shape index (κ3) is 4.37. The molecule has 1 aromatic carbocycles. The van der Waals surface area contributed by atoms with E-state index in [4.69, 9.17) is 5.73 Å². The van der Waals surface area contributed by atoms with Crippen LogP contribution in [0.3, 0.4) is 0 Å². The third-order valence-corrected chi connectivity index (χ3v) is 2.95. The maximum atomic E-state index is 11.8. The van der Waals surface area contributed by atoms with Crippen LogP contribution in [0, 0.1) is 0 Å². The van der Waals surface area contributed by atoms with Gasteiger partial charge in [-0.2, -0.15) is 0 Å². The number of hydrogen-bond acceptors (Lipinski definition) is 3. The van der Waals surface area contributed by atoms with E-state index in [-0.39, 0.29) is 11.8 Å². The van der Waals surface area contributed by atoms with Gasteiger partial charge >= 0.3 is 0 Å². The Morgan fingerprint density at radius 2 is 1.89 bits per heavy atom. The van der Waals surface area contributed by atoms with Gasteiger partial charge in [0.05, 0.1) is 0 Å². The molecule has 0 heterocycles. The average molecular weight is 261 g/mol. The number of rotatable bonds is 6. The molecular formula is C14H19N3O2. The molecule has 1 aliphatic carbocycles. The summed E-state index contributed by atoms with van der Waals surface area (Å²) in [6, 6.07) is 7.26. The first-order valence-corrected chi connectivity index (χ1v) is 6.60. The normalized spacial score (nSPS) is 13.9. The van der Waals surface area contributed by atoms with E-state index in [0.717, 1.165) is 12.8 Å². The standard InChI is InChI=1S/C14H19N3O2/c15-9-1-2-13(18)16-11-5-3-10(4-6-11)14(19)17-12-7-8-12/h3-6,12H,1-2,7-9,15H2,(H,16,18)(H,17,19). The minimum absolute atomic E-state index is 0.0523. The lowest BCUT2D eigenvalue weighted by molar-refractivity contribution is -0.116. The van der Waals surface area contributed by atoms with Crippen molar-refractivity contribution in [3.05, 3.63) is 29.8 Å². The van der Waals surface area contributed by atoms with Crippen LogP contribution in [0.2, 0.25) is 0 Å². The summed E-state index contributed by atoms with van der Waals surface area (Å²) in [6.45, 7) is 0.508. The highest BCUT2D eigenvalue weighted by Crippen LogP contribution is 2.19. The van der Waals surface area contributed by atoms with Crippen molar-refractivity contribution >= 4 is 17.5 Å². The minimum Gasteiger partial charge on any atom is -0.349 e. The molecule has 1 aromatic rings. The molecule has 102 valence electrons. The van der Waals surface area contributed by atoms with Gasteiger partial charge in [-0.3, -0.25) is 9.59 Å². The van der Waals surface area contributed by atoms with Gasteiger partial charge in [-0.05, 0) is 50.1 Å². The van der Waals surface area contributed by atoms with Crippen LogP contribution < -0.4 is 16.4 Å². The van der Waals surface area contributed by atoms with Crippen molar-refractivity contribution in [3.8, 4) is 0 Å². The van der Waals surface area contributed by atoms with Crippen LogP contribution in [0.15, 0.2) is 24.3 Å². The molecule has 0 unspecified atom stereocenters. The fourth-order valence-corrected chi connectivity index (χ4v) is 1.69. The number of nitrogens with one attached hydrogen (secondary N) is 2. The Kier molecular flexibility index (Phi) is 4.52. The summed E-state index contributed by atoms with van der Waals surface area (Å²) in [6.07, 6.45) is 3.23. The smallest absolute Gasteiger partial charge is 0.251 e. The molecule has 2 amide bonds. The van der Waals surface area contributed by atoms with Crippen molar-refractivity contribution in [2.75, 3.05) is 11.9 Å². The number of benzene rings is 1. The Balaban J connectivity index is 1.86. The largest absolute Gasteiger partial charge is 0.349 e. The Bertz CT molecular complexity index is 452. The van der Waals surface area contributed by atoms with Crippen molar-refractivity contribution in [1.82, 2.24) is 5.32 Å². The second-order valence-corrected chi connectivity index (χ2v) is 4.77. The summed E-state index contributed by atoms with van der Waals surface area (Å²) in [5.41, 5.74) is 6.66. The predicted molar refractivity (Wildman–Crippen MR) is 73.8 cm³/mol. The van der Waals surface area contributed by atoms with Crippen molar-refractivity contribution in [2.45, 2.75) is 31.7 Å². The molecule has 0 atom stereocenters. The zero-order valence-corrected chi connectivity index (χ0v) is 10.8. The van der Waals surface area contributed by atoms with Crippen LogP contribution in [-0.2, 0) is 4.79 Å². The van der Waals surface area contributed by atoms with E-state index in [1.807, 2.05) is 0 Å². The highest BCUT2D eigenvalue weighted by atomic mass is 16.2. The summed E-state index contributed by atoms with van der Waals surface area (Å²) in [4.78, 5) is 23.3. The number of hydrogen-bond donors (Lipinski definition) is 3. The van der Waals surface area contributed by atoms with Crippen molar-refractivity contribution < 1.29 is 9.59 Å². The van der Waals surface area contributed by atoms with Crippen LogP contribution in [0.25, 0.3) is 0 Å². The quantitative estimate of drug-likeness (QED) is 0.720. The molecule has 1 saturated carbocycles. The summed E-state index contributed by atoms with van der Waals surface area (Å²) in [5.74, 6) is -0.107. The number of amides is 2. The number of carbonyl (C=O) groups excluding carboxylic acids is 2. The molecule has 19 heavy (non-hydrogen) atoms. The molecule has 1 fully saturated rings. The minimum atomic E-state index is -0.0550. The lowest BCUT2D eigenvalue weighted by Gasteiger charge is -2.06. The molecule has 0 spiro atoms. The van der Waals surface area contributed by atoms with Gasteiger partial charge in [-0.1, -0.05) is 0 Å². The van der Waals surface area contributed by atoms with Gasteiger partial charge in [0, 0.05) is 23.7 Å². The molecule has 5 nitrogen and oxygen atoms in total. The molecule has 2 rings (SSSR count). The second-order valence-electron chi connectivity index (χ2n) is 4.77. The molecule has 0 radical (unpaired) electrons. The highest BCUT2D eigenvalue weighted by molar-refractivity contribution is 5.96. The van der Waals surface area contributed by atoms with Crippen LogP contribution in [-0.4, -0.2) is 24.4 Å². The van der Waals surface area contributed by atoms with Crippen molar-refractivity contribution in [3.63, 3.8) is 0 Å². The van der Waals surface area contributed by atoms with Crippen LogP contribution in [0.1, 0.15) is 36.0 Å². The molecule has 0 bridgehead atoms. The Labute approximate surface area is 112 Å². The topological polar surface area (TPSA) is 84.2 Å². The number of anilines is 1. The lowest BCUT2D eigenvalue weighted by atomic mass is 10.2. The Morgan fingerprint density at radius 1 is 1.21 bits per heavy atom. The van der Waals surface area contributed by atoms with Crippen LogP contribution in [0.4, 0.5) is 5.69 Å². The predicted octanol–water partition coefficient (Wildman–Crippen LogP) is 1.26. The number of carbonyl (C=O) groups is 2. The molecule has 0 saturated heterocycles. The maximum absolute atomic E-state index is 11.8. The number of nitrogens with two attached hydrogens (primary N) is 1. The zero-order valence-electron chi connectivity index (χ0n) is 10.8. The first-order valence-electron chi connectivity index (χ1n) is 6.60. The molecule has 4 N–H and O–H groups in total. The lowest BCUT2D eigenvalue weighted by Crippen LogP contribution is -2.25. The van der Waals surface area contributed by atoms with E-state index in [2.05, 4.69) is 10.6 Å². The van der Waals surface area contributed by atoms with E-state index in [1.54, 1.807) is 24.3 Å². The van der Waals surface area contributed by atoms with Crippen molar-refractivity contribution in [1.29, 1.82) is 0 Å². The molecule has 0 aromatic heterocycles. The van der Waals surface area contributed by atoms with Crippen LogP contribution in [0.5, 0.6) is 0 Å². The van der Waals surface area contributed by atoms with E-state index in [1.165, 1.54) is 0 Å². The second kappa shape index (κ2) is 6.33. The van der Waals surface area contributed by atoms with E-state index in [9.17, 15) is 9.59 Å². The average Bonchev–Trinajstić information content (AvgIpc) is 3.21. The van der Waals surface area contributed by atoms with Crippen LogP contribution >= 0.6 is 0 Å². The summed E-state index contributed by atoms with van der Waals surface area (Å²) < 4.78 is 0. The van der Waals surface area contributed by atoms with E-state index < -0.39 is 0 Å².